The number of urea groups is 1. The molecule has 0 aromatic heterocycles. The lowest BCUT2D eigenvalue weighted by Gasteiger charge is -2.23. The number of nitrogens with zero attached hydrogens (tertiary/aromatic N) is 1. The molecule has 0 heterocycles. The average Bonchev–Trinajstić information content (AvgIpc) is 2.57. The molecule has 24 heavy (non-hydrogen) atoms. The highest BCUT2D eigenvalue weighted by atomic mass is 16.5. The van der Waals surface area contributed by atoms with Crippen LogP contribution in [0, 0.1) is 11.3 Å². The van der Waals surface area contributed by atoms with Crippen LogP contribution in [0.3, 0.4) is 0 Å². The lowest BCUT2D eigenvalue weighted by molar-refractivity contribution is 0.187. The van der Waals surface area contributed by atoms with E-state index in [9.17, 15) is 4.79 Å². The van der Waals surface area contributed by atoms with E-state index in [1.165, 1.54) is 0 Å². The summed E-state index contributed by atoms with van der Waals surface area (Å²) in [6.07, 6.45) is 0. The third-order valence-corrected chi connectivity index (χ3v) is 3.18. The molecule has 124 valence electrons. The number of carbonyl (C=O) groups is 1. The lowest BCUT2D eigenvalue weighted by atomic mass is 10.1. The monoisotopic (exact) mass is 325 g/mol. The van der Waals surface area contributed by atoms with Crippen LogP contribution in [0.25, 0.3) is 0 Å². The SMILES string of the molecule is CC(C)(CO)NC(=O)Nc1ccc(Oc2ccc(C#N)cc2)cc1. The summed E-state index contributed by atoms with van der Waals surface area (Å²) < 4.78 is 5.67. The molecule has 2 aromatic carbocycles. The third kappa shape index (κ3) is 5.00. The smallest absolute Gasteiger partial charge is 0.319 e. The fourth-order valence-electron chi connectivity index (χ4n) is 1.85. The van der Waals surface area contributed by atoms with E-state index in [2.05, 4.69) is 10.6 Å². The van der Waals surface area contributed by atoms with Crippen molar-refractivity contribution in [3.05, 3.63) is 54.1 Å². The number of benzene rings is 2. The van der Waals surface area contributed by atoms with E-state index in [1.54, 1.807) is 62.4 Å². The number of anilines is 1. The number of carbonyl (C=O) groups excluding carboxylic acids is 1. The van der Waals surface area contributed by atoms with E-state index in [0.29, 0.717) is 22.7 Å². The molecule has 0 unspecified atom stereocenters. The van der Waals surface area contributed by atoms with Crippen molar-refractivity contribution in [3.8, 4) is 17.6 Å². The Morgan fingerprint density at radius 1 is 1.12 bits per heavy atom. The maximum absolute atomic E-state index is 11.8. The van der Waals surface area contributed by atoms with E-state index in [-0.39, 0.29) is 6.61 Å². The Morgan fingerprint density at radius 2 is 1.67 bits per heavy atom. The summed E-state index contributed by atoms with van der Waals surface area (Å²) in [4.78, 5) is 11.8. The van der Waals surface area contributed by atoms with Gasteiger partial charge in [-0.3, -0.25) is 0 Å². The highest BCUT2D eigenvalue weighted by Crippen LogP contribution is 2.23. The predicted octanol–water partition coefficient (Wildman–Crippen LogP) is 3.24. The van der Waals surface area contributed by atoms with Crippen LogP contribution in [-0.2, 0) is 0 Å². The van der Waals surface area contributed by atoms with Crippen molar-refractivity contribution in [2.45, 2.75) is 19.4 Å². The largest absolute Gasteiger partial charge is 0.457 e. The molecule has 2 amide bonds. The lowest BCUT2D eigenvalue weighted by Crippen LogP contribution is -2.48. The second-order valence-corrected chi connectivity index (χ2v) is 5.88. The number of hydrogen-bond donors (Lipinski definition) is 3. The van der Waals surface area contributed by atoms with E-state index in [0.717, 1.165) is 0 Å². The van der Waals surface area contributed by atoms with Gasteiger partial charge in [0.2, 0.25) is 0 Å². The van der Waals surface area contributed by atoms with Crippen molar-refractivity contribution < 1.29 is 14.6 Å². The van der Waals surface area contributed by atoms with Gasteiger partial charge in [-0.05, 0) is 62.4 Å². The van der Waals surface area contributed by atoms with Gasteiger partial charge in [-0.25, -0.2) is 4.79 Å². The number of amides is 2. The van der Waals surface area contributed by atoms with Gasteiger partial charge in [0.05, 0.1) is 23.8 Å². The number of hydrogen-bond acceptors (Lipinski definition) is 4. The Hall–Kier alpha value is -3.04. The first-order valence-electron chi connectivity index (χ1n) is 7.40. The van der Waals surface area contributed by atoms with Gasteiger partial charge >= 0.3 is 6.03 Å². The minimum Gasteiger partial charge on any atom is -0.457 e. The van der Waals surface area contributed by atoms with E-state index in [1.807, 2.05) is 6.07 Å². The molecule has 0 fully saturated rings. The number of aliphatic hydroxyl groups excluding tert-OH is 1. The Kier molecular flexibility index (Phi) is 5.40. The number of nitrogens with one attached hydrogen (secondary N) is 2. The summed E-state index contributed by atoms with van der Waals surface area (Å²) in [5.74, 6) is 1.23. The van der Waals surface area contributed by atoms with Crippen molar-refractivity contribution >= 4 is 11.7 Å². The van der Waals surface area contributed by atoms with Crippen molar-refractivity contribution in [1.82, 2.24) is 5.32 Å². The number of ether oxygens (including phenoxy) is 1. The summed E-state index contributed by atoms with van der Waals surface area (Å²) >= 11 is 0. The quantitative estimate of drug-likeness (QED) is 0.786. The van der Waals surface area contributed by atoms with Gasteiger partial charge in [-0.1, -0.05) is 0 Å². The fraction of sp³-hybridized carbons (Fsp3) is 0.222. The maximum Gasteiger partial charge on any atom is 0.319 e. The molecule has 6 nitrogen and oxygen atoms in total. The van der Waals surface area contributed by atoms with Crippen molar-refractivity contribution in [2.24, 2.45) is 0 Å². The van der Waals surface area contributed by atoms with Gasteiger partial charge in [-0.2, -0.15) is 5.26 Å². The molecule has 0 aliphatic heterocycles. The predicted molar refractivity (Wildman–Crippen MR) is 91.0 cm³/mol. The zero-order valence-corrected chi connectivity index (χ0v) is 13.5. The van der Waals surface area contributed by atoms with Gasteiger partial charge in [0, 0.05) is 5.69 Å². The van der Waals surface area contributed by atoms with Crippen LogP contribution in [0.2, 0.25) is 0 Å². The van der Waals surface area contributed by atoms with Gasteiger partial charge in [0.15, 0.2) is 0 Å². The molecule has 3 N–H and O–H groups in total. The van der Waals surface area contributed by atoms with Crippen LogP contribution in [0.1, 0.15) is 19.4 Å². The molecule has 0 saturated carbocycles. The summed E-state index contributed by atoms with van der Waals surface area (Å²) in [6.45, 7) is 3.29. The molecule has 0 atom stereocenters. The van der Waals surface area contributed by atoms with E-state index < -0.39 is 11.6 Å². The van der Waals surface area contributed by atoms with Gasteiger partial charge in [-0.15, -0.1) is 0 Å². The minimum absolute atomic E-state index is 0.155. The van der Waals surface area contributed by atoms with E-state index in [4.69, 9.17) is 15.1 Å². The van der Waals surface area contributed by atoms with Crippen LogP contribution in [0.5, 0.6) is 11.5 Å². The van der Waals surface area contributed by atoms with Crippen molar-refractivity contribution in [1.29, 1.82) is 5.26 Å². The molecule has 0 saturated heterocycles. The molecule has 0 aliphatic rings. The average molecular weight is 325 g/mol. The van der Waals surface area contributed by atoms with Crippen molar-refractivity contribution in [2.75, 3.05) is 11.9 Å². The minimum atomic E-state index is -0.692. The van der Waals surface area contributed by atoms with E-state index >= 15 is 0 Å². The van der Waals surface area contributed by atoms with Gasteiger partial charge in [0.25, 0.3) is 0 Å². The zero-order valence-electron chi connectivity index (χ0n) is 13.5. The second kappa shape index (κ2) is 7.49. The Morgan fingerprint density at radius 3 is 2.17 bits per heavy atom. The Balaban J connectivity index is 1.95. The topological polar surface area (TPSA) is 94.4 Å². The molecule has 2 rings (SSSR count). The number of rotatable bonds is 5. The highest BCUT2D eigenvalue weighted by Gasteiger charge is 2.18. The van der Waals surface area contributed by atoms with Crippen LogP contribution in [0.4, 0.5) is 10.5 Å². The van der Waals surface area contributed by atoms with Gasteiger partial charge in [0.1, 0.15) is 11.5 Å². The summed E-state index contributed by atoms with van der Waals surface area (Å²) in [6, 6.07) is 15.3. The molecule has 2 aromatic rings. The molecule has 6 heteroatoms. The molecule has 0 spiro atoms. The Bertz CT molecular complexity index is 732. The first-order chi connectivity index (χ1) is 11.4. The molecule has 0 bridgehead atoms. The standard InChI is InChI=1S/C18H19N3O3/c1-18(2,12-22)21-17(23)20-14-5-9-16(10-6-14)24-15-7-3-13(11-19)4-8-15/h3-10,22H,12H2,1-2H3,(H2,20,21,23). The first-order valence-corrected chi connectivity index (χ1v) is 7.40. The first kappa shape index (κ1) is 17.3. The van der Waals surface area contributed by atoms with Crippen LogP contribution >= 0.6 is 0 Å². The summed E-state index contributed by atoms with van der Waals surface area (Å²) in [5.41, 5.74) is 0.482. The molecule has 0 aliphatic carbocycles. The maximum atomic E-state index is 11.8. The van der Waals surface area contributed by atoms with Gasteiger partial charge < -0.3 is 20.5 Å². The van der Waals surface area contributed by atoms with Crippen LogP contribution in [-0.4, -0.2) is 23.3 Å². The summed E-state index contributed by atoms with van der Waals surface area (Å²) in [7, 11) is 0. The third-order valence-electron chi connectivity index (χ3n) is 3.18. The zero-order chi connectivity index (χ0) is 17.6. The molecular formula is C18H19N3O3. The molecular weight excluding hydrogens is 306 g/mol. The molecule has 0 radical (unpaired) electrons. The number of nitriles is 1. The number of aliphatic hydroxyl groups is 1. The fourth-order valence-corrected chi connectivity index (χ4v) is 1.85. The highest BCUT2D eigenvalue weighted by molar-refractivity contribution is 5.89. The van der Waals surface area contributed by atoms with Crippen LogP contribution < -0.4 is 15.4 Å². The Labute approximate surface area is 140 Å². The van der Waals surface area contributed by atoms with Crippen molar-refractivity contribution in [3.63, 3.8) is 0 Å². The second-order valence-electron chi connectivity index (χ2n) is 5.88. The normalized spacial score (nSPS) is 10.6. The summed E-state index contributed by atoms with van der Waals surface area (Å²) in [5, 5.41) is 23.3. The van der Waals surface area contributed by atoms with Crippen LogP contribution in [0.15, 0.2) is 48.5 Å².